The molecule has 0 aromatic heterocycles. The molecule has 0 amide bonds. The molecule has 9 N–H and O–H groups in total. The van der Waals surface area contributed by atoms with E-state index in [0.29, 0.717) is 13.0 Å². The molecule has 12 nitrogen and oxygen atoms in total. The molecule has 2 saturated heterocycles. The lowest BCUT2D eigenvalue weighted by molar-refractivity contribution is -0.144. The number of carboxylic acid groups (broad SMARTS) is 4. The standard InChI is InChI=1S/C5H9NO3.C5H9NO2.C4H7NO4/c7-3-1-4(5(8)9)6-2-3;7-5(8)4-2-1-3-6-4;5-2(4(8)9)1-3(6)7/h3-4,6-7H,1-2H2,(H,8,9);4,6H,1-3H2,(H,7,8);2H,1,5H2,(H,6,7)(H,8,9)/t3?,4-;4-;2-/m111/s1. The normalized spacial score (nSPS) is 25.1. The first-order chi connectivity index (χ1) is 12.0. The predicted octanol–water partition coefficient (Wildman–Crippen LogP) is -2.51. The van der Waals surface area contributed by atoms with Gasteiger partial charge in [0.25, 0.3) is 0 Å². The fourth-order valence-corrected chi connectivity index (χ4v) is 2.08. The van der Waals surface area contributed by atoms with Crippen LogP contribution in [-0.4, -0.2) is 86.7 Å². The zero-order valence-electron chi connectivity index (χ0n) is 14.0. The van der Waals surface area contributed by atoms with Crippen molar-refractivity contribution in [3.63, 3.8) is 0 Å². The first kappa shape index (κ1) is 23.7. The Morgan fingerprint density at radius 3 is 1.77 bits per heavy atom. The van der Waals surface area contributed by atoms with E-state index in [-0.39, 0.29) is 6.04 Å². The summed E-state index contributed by atoms with van der Waals surface area (Å²) in [5.74, 6) is -4.10. The van der Waals surface area contributed by atoms with Gasteiger partial charge in [-0.1, -0.05) is 0 Å². The number of β-amino-alcohol motifs (C(OH)–C–C–N with tert-alkyl or cyclic N) is 1. The van der Waals surface area contributed by atoms with Crippen molar-refractivity contribution in [1.82, 2.24) is 10.6 Å². The van der Waals surface area contributed by atoms with E-state index in [4.69, 9.17) is 31.3 Å². The van der Waals surface area contributed by atoms with E-state index < -0.39 is 48.5 Å². The lowest BCUT2D eigenvalue weighted by atomic mass is 10.2. The summed E-state index contributed by atoms with van der Waals surface area (Å²) in [5.41, 5.74) is 4.84. The maximum Gasteiger partial charge on any atom is 0.321 e. The van der Waals surface area contributed by atoms with Crippen LogP contribution in [0.25, 0.3) is 0 Å². The van der Waals surface area contributed by atoms with Gasteiger partial charge in [0.05, 0.1) is 12.5 Å². The van der Waals surface area contributed by atoms with Crippen LogP contribution in [0.5, 0.6) is 0 Å². The van der Waals surface area contributed by atoms with Gasteiger partial charge in [-0.15, -0.1) is 0 Å². The Hall–Kier alpha value is -2.28. The number of hydrogen-bond acceptors (Lipinski definition) is 8. The number of aliphatic hydroxyl groups excluding tert-OH is 1. The maximum absolute atomic E-state index is 10.2. The van der Waals surface area contributed by atoms with Gasteiger partial charge in [-0.2, -0.15) is 0 Å². The van der Waals surface area contributed by atoms with E-state index in [1.165, 1.54) is 0 Å². The highest BCUT2D eigenvalue weighted by Gasteiger charge is 2.27. The molecule has 0 radical (unpaired) electrons. The topological polar surface area (TPSA) is 220 Å². The van der Waals surface area contributed by atoms with Crippen LogP contribution in [0.1, 0.15) is 25.7 Å². The maximum atomic E-state index is 10.2. The Balaban J connectivity index is 0.000000361. The van der Waals surface area contributed by atoms with Crippen molar-refractivity contribution in [3.05, 3.63) is 0 Å². The second kappa shape index (κ2) is 12.1. The van der Waals surface area contributed by atoms with Gasteiger partial charge in [0.15, 0.2) is 0 Å². The molecule has 150 valence electrons. The third-order valence-electron chi connectivity index (χ3n) is 3.48. The molecule has 0 aliphatic carbocycles. The molecule has 2 aliphatic heterocycles. The minimum absolute atomic E-state index is 0.269. The van der Waals surface area contributed by atoms with Crippen molar-refractivity contribution in [1.29, 1.82) is 0 Å². The zero-order chi connectivity index (χ0) is 20.3. The Bertz CT molecular complexity index is 494. The Morgan fingerprint density at radius 1 is 1.00 bits per heavy atom. The molecule has 0 aromatic carbocycles. The molecule has 0 saturated carbocycles. The summed E-state index contributed by atoms with van der Waals surface area (Å²) in [6.07, 6.45) is 1.10. The van der Waals surface area contributed by atoms with E-state index in [1.807, 2.05) is 0 Å². The average Bonchev–Trinajstić information content (AvgIpc) is 3.18. The van der Waals surface area contributed by atoms with Crippen molar-refractivity contribution in [3.8, 4) is 0 Å². The summed E-state index contributed by atoms with van der Waals surface area (Å²) in [6, 6.07) is -2.10. The number of nitrogens with two attached hydrogens (primary N) is 1. The minimum Gasteiger partial charge on any atom is -0.481 e. The van der Waals surface area contributed by atoms with Crippen LogP contribution in [0.2, 0.25) is 0 Å². The number of rotatable bonds is 5. The average molecular weight is 379 g/mol. The molecular weight excluding hydrogens is 354 g/mol. The molecule has 0 spiro atoms. The van der Waals surface area contributed by atoms with Gasteiger partial charge in [-0.05, 0) is 19.4 Å². The summed E-state index contributed by atoms with van der Waals surface area (Å²) >= 11 is 0. The largest absolute Gasteiger partial charge is 0.481 e. The molecule has 2 aliphatic rings. The van der Waals surface area contributed by atoms with Crippen molar-refractivity contribution >= 4 is 23.9 Å². The fraction of sp³-hybridized carbons (Fsp3) is 0.714. The molecular formula is C14H25N3O9. The number of nitrogens with one attached hydrogen (secondary N) is 2. The van der Waals surface area contributed by atoms with Crippen LogP contribution in [0, 0.1) is 0 Å². The lowest BCUT2D eigenvalue weighted by Crippen LogP contribution is -2.32. The van der Waals surface area contributed by atoms with Crippen molar-refractivity contribution in [2.45, 2.75) is 49.9 Å². The van der Waals surface area contributed by atoms with Gasteiger partial charge in [0.1, 0.15) is 18.1 Å². The second-order valence-electron chi connectivity index (χ2n) is 5.72. The molecule has 12 heteroatoms. The first-order valence-electron chi connectivity index (χ1n) is 7.85. The summed E-state index contributed by atoms with van der Waals surface area (Å²) in [5, 5.41) is 47.1. The number of carboxylic acids is 4. The zero-order valence-corrected chi connectivity index (χ0v) is 14.0. The number of aliphatic carboxylic acids is 4. The molecule has 2 rings (SSSR count). The van der Waals surface area contributed by atoms with E-state index in [9.17, 15) is 19.2 Å². The quantitative estimate of drug-likeness (QED) is 0.248. The molecule has 26 heavy (non-hydrogen) atoms. The van der Waals surface area contributed by atoms with Crippen molar-refractivity contribution in [2.75, 3.05) is 13.1 Å². The summed E-state index contributed by atoms with van der Waals surface area (Å²) < 4.78 is 0. The Labute approximate surface area is 149 Å². The summed E-state index contributed by atoms with van der Waals surface area (Å²) in [6.45, 7) is 1.26. The fourth-order valence-electron chi connectivity index (χ4n) is 2.08. The van der Waals surface area contributed by atoms with E-state index in [0.717, 1.165) is 19.4 Å². The van der Waals surface area contributed by atoms with Gasteiger partial charge in [-0.3, -0.25) is 19.2 Å². The molecule has 4 atom stereocenters. The van der Waals surface area contributed by atoms with Crippen LogP contribution in [0.15, 0.2) is 0 Å². The lowest BCUT2D eigenvalue weighted by Gasteiger charge is -1.99. The van der Waals surface area contributed by atoms with Gasteiger partial charge in [-0.25, -0.2) is 0 Å². The summed E-state index contributed by atoms with van der Waals surface area (Å²) in [7, 11) is 0. The van der Waals surface area contributed by atoms with Crippen molar-refractivity contribution < 1.29 is 44.7 Å². The van der Waals surface area contributed by atoms with Gasteiger partial charge in [0.2, 0.25) is 0 Å². The van der Waals surface area contributed by atoms with Crippen LogP contribution in [-0.2, 0) is 19.2 Å². The Kier molecular flexibility index (Phi) is 11.1. The monoisotopic (exact) mass is 379 g/mol. The van der Waals surface area contributed by atoms with Crippen LogP contribution in [0.4, 0.5) is 0 Å². The molecule has 0 aromatic rings. The van der Waals surface area contributed by atoms with Crippen LogP contribution < -0.4 is 16.4 Å². The molecule has 0 bridgehead atoms. The smallest absolute Gasteiger partial charge is 0.321 e. The first-order valence-corrected chi connectivity index (χ1v) is 7.85. The van der Waals surface area contributed by atoms with Crippen molar-refractivity contribution in [2.24, 2.45) is 5.73 Å². The van der Waals surface area contributed by atoms with Gasteiger partial charge in [0, 0.05) is 13.0 Å². The molecule has 1 unspecified atom stereocenters. The van der Waals surface area contributed by atoms with E-state index in [1.54, 1.807) is 0 Å². The molecule has 2 heterocycles. The third-order valence-corrected chi connectivity index (χ3v) is 3.48. The van der Waals surface area contributed by atoms with Crippen LogP contribution in [0.3, 0.4) is 0 Å². The van der Waals surface area contributed by atoms with Gasteiger partial charge < -0.3 is 41.9 Å². The molecule has 2 fully saturated rings. The SMILES string of the molecule is N[C@H](CC(=O)O)C(=O)O.O=C(O)[C@H]1CC(O)CN1.O=C(O)[C@H]1CCCN1. The van der Waals surface area contributed by atoms with Crippen LogP contribution >= 0.6 is 0 Å². The third kappa shape index (κ3) is 10.6. The Morgan fingerprint density at radius 2 is 1.58 bits per heavy atom. The number of carbonyl (C=O) groups is 4. The second-order valence-corrected chi connectivity index (χ2v) is 5.72. The predicted molar refractivity (Wildman–Crippen MR) is 86.6 cm³/mol. The minimum atomic E-state index is -1.29. The van der Waals surface area contributed by atoms with E-state index >= 15 is 0 Å². The van der Waals surface area contributed by atoms with Gasteiger partial charge >= 0.3 is 23.9 Å². The summed E-state index contributed by atoms with van der Waals surface area (Å²) in [4.78, 5) is 39.9. The highest BCUT2D eigenvalue weighted by molar-refractivity contribution is 5.80. The van der Waals surface area contributed by atoms with E-state index in [2.05, 4.69) is 10.6 Å². The highest BCUT2D eigenvalue weighted by Crippen LogP contribution is 2.05. The number of aliphatic hydroxyl groups is 1. The number of hydrogen-bond donors (Lipinski definition) is 8. The highest BCUT2D eigenvalue weighted by atomic mass is 16.4.